The van der Waals surface area contributed by atoms with E-state index in [4.69, 9.17) is 9.47 Å². The molecule has 0 saturated heterocycles. The van der Waals surface area contributed by atoms with Crippen molar-refractivity contribution in [3.63, 3.8) is 0 Å². The van der Waals surface area contributed by atoms with E-state index in [0.717, 1.165) is 17.1 Å². The van der Waals surface area contributed by atoms with Crippen molar-refractivity contribution in [2.24, 2.45) is 0 Å². The lowest BCUT2D eigenvalue weighted by atomic mass is 10.1. The summed E-state index contributed by atoms with van der Waals surface area (Å²) in [7, 11) is 1.94. The first-order valence-electron chi connectivity index (χ1n) is 6.48. The van der Waals surface area contributed by atoms with Gasteiger partial charge in [-0.1, -0.05) is 6.07 Å². The van der Waals surface area contributed by atoms with E-state index in [1.807, 2.05) is 44.0 Å². The first kappa shape index (κ1) is 13.7. The van der Waals surface area contributed by atoms with Gasteiger partial charge < -0.3 is 14.8 Å². The third-order valence-corrected chi connectivity index (χ3v) is 3.26. The van der Waals surface area contributed by atoms with Gasteiger partial charge in [-0.3, -0.25) is 9.69 Å². The smallest absolute Gasteiger partial charge is 0.237 e. The number of likely N-dealkylation sites (N-methyl/N-ethyl adjacent to an activating group) is 2. The number of nitrogens with zero attached hydrogens (tertiary/aromatic N) is 1. The average molecular weight is 264 g/mol. The molecule has 1 aliphatic rings. The van der Waals surface area contributed by atoms with Gasteiger partial charge in [0.05, 0.1) is 6.04 Å². The molecule has 0 spiro atoms. The second-order valence-corrected chi connectivity index (χ2v) is 4.67. The van der Waals surface area contributed by atoms with Crippen LogP contribution in [0.1, 0.15) is 19.4 Å². The van der Waals surface area contributed by atoms with Gasteiger partial charge in [-0.2, -0.15) is 0 Å². The van der Waals surface area contributed by atoms with Crippen LogP contribution in [0.4, 0.5) is 0 Å². The molecule has 1 aromatic carbocycles. The standard InChI is InChI=1S/C14H20N2O3/c1-4-15-14(17)10(2)16(3)8-11-5-6-12-13(7-11)19-9-18-12/h5-7,10H,4,8-9H2,1-3H3,(H,15,17)/t10-/m0/s1. The average Bonchev–Trinajstić information content (AvgIpc) is 2.85. The molecule has 1 atom stereocenters. The Bertz CT molecular complexity index is 462. The summed E-state index contributed by atoms with van der Waals surface area (Å²) in [6.45, 7) is 5.44. The van der Waals surface area contributed by atoms with E-state index in [-0.39, 0.29) is 18.7 Å². The lowest BCUT2D eigenvalue weighted by molar-refractivity contribution is -0.125. The maximum absolute atomic E-state index is 11.8. The molecule has 0 unspecified atom stereocenters. The van der Waals surface area contributed by atoms with E-state index in [0.29, 0.717) is 13.1 Å². The molecule has 1 aromatic rings. The fourth-order valence-corrected chi connectivity index (χ4v) is 1.99. The Kier molecular flexibility index (Phi) is 4.27. The highest BCUT2D eigenvalue weighted by molar-refractivity contribution is 5.81. The summed E-state index contributed by atoms with van der Waals surface area (Å²) >= 11 is 0. The molecule has 19 heavy (non-hydrogen) atoms. The minimum absolute atomic E-state index is 0.0470. The van der Waals surface area contributed by atoms with Crippen LogP contribution in [0.3, 0.4) is 0 Å². The van der Waals surface area contributed by atoms with Gasteiger partial charge in [0.25, 0.3) is 0 Å². The summed E-state index contributed by atoms with van der Waals surface area (Å²) in [6, 6.07) is 5.70. The fraction of sp³-hybridized carbons (Fsp3) is 0.500. The largest absolute Gasteiger partial charge is 0.454 e. The van der Waals surface area contributed by atoms with Crippen molar-refractivity contribution in [3.8, 4) is 11.5 Å². The number of ether oxygens (including phenoxy) is 2. The van der Waals surface area contributed by atoms with E-state index in [9.17, 15) is 4.79 Å². The molecular weight excluding hydrogens is 244 g/mol. The van der Waals surface area contributed by atoms with Crippen LogP contribution in [0, 0.1) is 0 Å². The number of rotatable bonds is 5. The zero-order valence-corrected chi connectivity index (χ0v) is 11.6. The molecule has 1 N–H and O–H groups in total. The van der Waals surface area contributed by atoms with Crippen molar-refractivity contribution in [3.05, 3.63) is 23.8 Å². The van der Waals surface area contributed by atoms with Crippen LogP contribution in [0.15, 0.2) is 18.2 Å². The second-order valence-electron chi connectivity index (χ2n) is 4.67. The molecule has 5 nitrogen and oxygen atoms in total. The topological polar surface area (TPSA) is 50.8 Å². The number of fused-ring (bicyclic) bond motifs is 1. The van der Waals surface area contributed by atoms with Crippen LogP contribution in [0.25, 0.3) is 0 Å². The molecular formula is C14H20N2O3. The van der Waals surface area contributed by atoms with Crippen molar-refractivity contribution in [1.29, 1.82) is 0 Å². The Morgan fingerprint density at radius 2 is 2.16 bits per heavy atom. The number of carbonyl (C=O) groups is 1. The molecule has 0 fully saturated rings. The molecule has 0 radical (unpaired) electrons. The van der Waals surface area contributed by atoms with E-state index >= 15 is 0 Å². The third kappa shape index (κ3) is 3.17. The molecule has 104 valence electrons. The Labute approximate surface area is 113 Å². The minimum Gasteiger partial charge on any atom is -0.454 e. The highest BCUT2D eigenvalue weighted by atomic mass is 16.7. The number of carbonyl (C=O) groups excluding carboxylic acids is 1. The van der Waals surface area contributed by atoms with Gasteiger partial charge in [0.2, 0.25) is 12.7 Å². The zero-order valence-electron chi connectivity index (χ0n) is 11.6. The van der Waals surface area contributed by atoms with E-state index < -0.39 is 0 Å². The maximum Gasteiger partial charge on any atom is 0.237 e. The van der Waals surface area contributed by atoms with Crippen LogP contribution in [0.2, 0.25) is 0 Å². The number of hydrogen-bond acceptors (Lipinski definition) is 4. The lowest BCUT2D eigenvalue weighted by Gasteiger charge is -2.23. The van der Waals surface area contributed by atoms with Crippen LogP contribution in [-0.2, 0) is 11.3 Å². The van der Waals surface area contributed by atoms with Gasteiger partial charge in [0.1, 0.15) is 0 Å². The zero-order chi connectivity index (χ0) is 13.8. The normalized spacial score (nSPS) is 14.5. The molecule has 1 heterocycles. The van der Waals surface area contributed by atoms with Crippen molar-refractivity contribution < 1.29 is 14.3 Å². The number of hydrogen-bond donors (Lipinski definition) is 1. The summed E-state index contributed by atoms with van der Waals surface area (Å²) in [6.07, 6.45) is 0. The van der Waals surface area contributed by atoms with Crippen molar-refractivity contribution in [2.45, 2.75) is 26.4 Å². The Morgan fingerprint density at radius 3 is 2.89 bits per heavy atom. The quantitative estimate of drug-likeness (QED) is 0.872. The molecule has 1 aliphatic heterocycles. The van der Waals surface area contributed by atoms with E-state index in [1.165, 1.54) is 0 Å². The Morgan fingerprint density at radius 1 is 1.42 bits per heavy atom. The minimum atomic E-state index is -0.162. The summed E-state index contributed by atoms with van der Waals surface area (Å²) in [5.74, 6) is 1.60. The van der Waals surface area contributed by atoms with Gasteiger partial charge >= 0.3 is 0 Å². The molecule has 5 heteroatoms. The third-order valence-electron chi connectivity index (χ3n) is 3.26. The van der Waals surface area contributed by atoms with Gasteiger partial charge in [0.15, 0.2) is 11.5 Å². The van der Waals surface area contributed by atoms with Crippen molar-refractivity contribution in [1.82, 2.24) is 10.2 Å². The monoisotopic (exact) mass is 264 g/mol. The van der Waals surface area contributed by atoms with E-state index in [2.05, 4.69) is 5.32 Å². The first-order valence-corrected chi connectivity index (χ1v) is 6.48. The SMILES string of the molecule is CCNC(=O)[C@H](C)N(C)Cc1ccc2c(c1)OCO2. The molecule has 2 rings (SSSR count). The van der Waals surface area contributed by atoms with Gasteiger partial charge in [-0.15, -0.1) is 0 Å². The van der Waals surface area contributed by atoms with Gasteiger partial charge in [-0.25, -0.2) is 0 Å². The molecule has 0 aromatic heterocycles. The molecule has 1 amide bonds. The fourth-order valence-electron chi connectivity index (χ4n) is 1.99. The predicted molar refractivity (Wildman–Crippen MR) is 72.2 cm³/mol. The molecule has 0 bridgehead atoms. The van der Waals surface area contributed by atoms with Crippen LogP contribution in [0.5, 0.6) is 11.5 Å². The predicted octanol–water partition coefficient (Wildman–Crippen LogP) is 1.37. The van der Waals surface area contributed by atoms with Gasteiger partial charge in [0, 0.05) is 13.1 Å². The summed E-state index contributed by atoms with van der Waals surface area (Å²) < 4.78 is 10.6. The maximum atomic E-state index is 11.8. The van der Waals surface area contributed by atoms with Crippen LogP contribution < -0.4 is 14.8 Å². The summed E-state index contributed by atoms with van der Waals surface area (Å²) in [5, 5.41) is 2.83. The van der Waals surface area contributed by atoms with Crippen molar-refractivity contribution >= 4 is 5.91 Å². The highest BCUT2D eigenvalue weighted by Crippen LogP contribution is 2.32. The Balaban J connectivity index is 1.98. The number of benzene rings is 1. The Hall–Kier alpha value is -1.75. The van der Waals surface area contributed by atoms with Crippen LogP contribution in [-0.4, -0.2) is 37.2 Å². The summed E-state index contributed by atoms with van der Waals surface area (Å²) in [5.41, 5.74) is 1.10. The number of amides is 1. The van der Waals surface area contributed by atoms with Crippen molar-refractivity contribution in [2.75, 3.05) is 20.4 Å². The first-order chi connectivity index (χ1) is 9.11. The molecule has 0 saturated carbocycles. The van der Waals surface area contributed by atoms with Crippen LogP contribution >= 0.6 is 0 Å². The second kappa shape index (κ2) is 5.93. The van der Waals surface area contributed by atoms with E-state index in [1.54, 1.807) is 0 Å². The summed E-state index contributed by atoms with van der Waals surface area (Å²) in [4.78, 5) is 13.8. The molecule has 0 aliphatic carbocycles. The lowest BCUT2D eigenvalue weighted by Crippen LogP contribution is -2.42. The highest BCUT2D eigenvalue weighted by Gasteiger charge is 2.19. The number of nitrogens with one attached hydrogen (secondary N) is 1. The van der Waals surface area contributed by atoms with Gasteiger partial charge in [-0.05, 0) is 38.6 Å².